The molecule has 5 heteroatoms. The number of likely N-dealkylation sites (tertiary alicyclic amines) is 1. The van der Waals surface area contributed by atoms with Gasteiger partial charge in [0, 0.05) is 52.0 Å². The lowest BCUT2D eigenvalue weighted by molar-refractivity contribution is 0.198. The van der Waals surface area contributed by atoms with Gasteiger partial charge in [0.15, 0.2) is 5.96 Å². The van der Waals surface area contributed by atoms with Crippen LogP contribution in [0.3, 0.4) is 0 Å². The van der Waals surface area contributed by atoms with E-state index in [0.29, 0.717) is 12.6 Å². The average molecular weight is 408 g/mol. The zero-order valence-electron chi connectivity index (χ0n) is 19.0. The predicted octanol–water partition coefficient (Wildman–Crippen LogP) is 3.78. The van der Waals surface area contributed by atoms with Crippen LogP contribution >= 0.6 is 0 Å². The zero-order chi connectivity index (χ0) is 21.3. The van der Waals surface area contributed by atoms with Crippen molar-refractivity contribution in [3.8, 4) is 0 Å². The highest BCUT2D eigenvalue weighted by molar-refractivity contribution is 5.80. The van der Waals surface area contributed by atoms with Gasteiger partial charge in [-0.1, -0.05) is 36.4 Å². The van der Waals surface area contributed by atoms with Crippen LogP contribution in [0.4, 0.5) is 5.69 Å². The van der Waals surface area contributed by atoms with Crippen LogP contribution in [0.15, 0.2) is 53.5 Å². The third-order valence-corrected chi connectivity index (χ3v) is 5.77. The van der Waals surface area contributed by atoms with Crippen LogP contribution in [0.5, 0.6) is 0 Å². The van der Waals surface area contributed by atoms with Crippen LogP contribution in [0.25, 0.3) is 0 Å². The van der Waals surface area contributed by atoms with E-state index >= 15 is 0 Å². The van der Waals surface area contributed by atoms with Gasteiger partial charge in [0.05, 0.1) is 6.54 Å². The third kappa shape index (κ3) is 6.49. The summed E-state index contributed by atoms with van der Waals surface area (Å²) in [7, 11) is 4.15. The molecule has 1 heterocycles. The summed E-state index contributed by atoms with van der Waals surface area (Å²) in [4.78, 5) is 9.55. The van der Waals surface area contributed by atoms with Crippen molar-refractivity contribution < 1.29 is 0 Å². The Morgan fingerprint density at radius 3 is 2.47 bits per heavy atom. The molecular weight excluding hydrogens is 370 g/mol. The number of nitrogens with zero attached hydrogens (tertiary/aromatic N) is 3. The molecule has 1 aliphatic heterocycles. The molecule has 1 fully saturated rings. The smallest absolute Gasteiger partial charge is 0.191 e. The standard InChI is InChI=1S/C25H37N5/c1-5-26-25(27-18-22-11-12-24(29(3)4)17-20(22)2)28-23-13-15-30(16-14-23)19-21-9-7-6-8-10-21/h6-12,17,23H,5,13-16,18-19H2,1-4H3,(H2,26,27,28). The number of rotatable bonds is 7. The Balaban J connectivity index is 1.53. The molecule has 1 saturated heterocycles. The van der Waals surface area contributed by atoms with Crippen LogP contribution in [0.1, 0.15) is 36.5 Å². The second-order valence-corrected chi connectivity index (χ2v) is 8.38. The van der Waals surface area contributed by atoms with E-state index in [1.165, 1.54) is 22.4 Å². The lowest BCUT2D eigenvalue weighted by Crippen LogP contribution is -2.48. The van der Waals surface area contributed by atoms with E-state index in [4.69, 9.17) is 4.99 Å². The highest BCUT2D eigenvalue weighted by Crippen LogP contribution is 2.18. The summed E-state index contributed by atoms with van der Waals surface area (Å²) in [5.74, 6) is 0.926. The molecule has 5 nitrogen and oxygen atoms in total. The molecule has 0 spiro atoms. The Hall–Kier alpha value is -2.53. The van der Waals surface area contributed by atoms with Gasteiger partial charge in [0.2, 0.25) is 0 Å². The summed E-state index contributed by atoms with van der Waals surface area (Å²) in [6.07, 6.45) is 2.29. The first-order valence-electron chi connectivity index (χ1n) is 11.1. The molecule has 0 bridgehead atoms. The highest BCUT2D eigenvalue weighted by atomic mass is 15.2. The fraction of sp³-hybridized carbons (Fsp3) is 0.480. The van der Waals surface area contributed by atoms with E-state index in [0.717, 1.165) is 45.0 Å². The molecule has 0 unspecified atom stereocenters. The number of aryl methyl sites for hydroxylation is 1. The van der Waals surface area contributed by atoms with Crippen LogP contribution in [0.2, 0.25) is 0 Å². The SMILES string of the molecule is CCNC(=NCc1ccc(N(C)C)cc1C)NC1CCN(Cc2ccccc2)CC1. The zero-order valence-corrected chi connectivity index (χ0v) is 19.0. The molecule has 3 rings (SSSR count). The fourth-order valence-electron chi connectivity index (χ4n) is 3.89. The Morgan fingerprint density at radius 1 is 1.10 bits per heavy atom. The minimum Gasteiger partial charge on any atom is -0.378 e. The number of aliphatic imine (C=N–C) groups is 1. The third-order valence-electron chi connectivity index (χ3n) is 5.77. The Bertz CT molecular complexity index is 808. The maximum Gasteiger partial charge on any atom is 0.191 e. The summed E-state index contributed by atoms with van der Waals surface area (Å²) in [5, 5.41) is 7.08. The minimum absolute atomic E-state index is 0.479. The number of guanidine groups is 1. The van der Waals surface area contributed by atoms with Crippen molar-refractivity contribution in [3.05, 3.63) is 65.2 Å². The van der Waals surface area contributed by atoms with Gasteiger partial charge in [-0.2, -0.15) is 0 Å². The number of hydrogen-bond donors (Lipinski definition) is 2. The molecule has 0 amide bonds. The van der Waals surface area contributed by atoms with Crippen LogP contribution in [-0.4, -0.2) is 50.6 Å². The largest absolute Gasteiger partial charge is 0.378 e. The van der Waals surface area contributed by atoms with Gasteiger partial charge in [-0.05, 0) is 55.5 Å². The predicted molar refractivity (Wildman–Crippen MR) is 128 cm³/mol. The average Bonchev–Trinajstić information content (AvgIpc) is 2.75. The maximum atomic E-state index is 4.87. The van der Waals surface area contributed by atoms with Gasteiger partial charge in [-0.15, -0.1) is 0 Å². The van der Waals surface area contributed by atoms with E-state index in [2.05, 4.69) is 96.9 Å². The molecule has 0 radical (unpaired) electrons. The van der Waals surface area contributed by atoms with Crippen LogP contribution in [0, 0.1) is 6.92 Å². The van der Waals surface area contributed by atoms with Crippen LogP contribution < -0.4 is 15.5 Å². The van der Waals surface area contributed by atoms with Crippen molar-refractivity contribution in [2.24, 2.45) is 4.99 Å². The lowest BCUT2D eigenvalue weighted by Gasteiger charge is -2.33. The van der Waals surface area contributed by atoms with Crippen molar-refractivity contribution in [3.63, 3.8) is 0 Å². The van der Waals surface area contributed by atoms with E-state index < -0.39 is 0 Å². The number of nitrogens with one attached hydrogen (secondary N) is 2. The van der Waals surface area contributed by atoms with Crippen molar-refractivity contribution in [2.45, 2.75) is 45.8 Å². The number of benzene rings is 2. The van der Waals surface area contributed by atoms with Gasteiger partial charge in [-0.25, -0.2) is 4.99 Å². The van der Waals surface area contributed by atoms with Crippen molar-refractivity contribution in [1.82, 2.24) is 15.5 Å². The minimum atomic E-state index is 0.479. The highest BCUT2D eigenvalue weighted by Gasteiger charge is 2.20. The summed E-state index contributed by atoms with van der Waals surface area (Å²) in [6, 6.07) is 17.8. The Labute approximate surface area is 182 Å². The molecule has 30 heavy (non-hydrogen) atoms. The molecule has 2 aromatic carbocycles. The molecule has 0 aromatic heterocycles. The van der Waals surface area contributed by atoms with Gasteiger partial charge < -0.3 is 15.5 Å². The molecule has 0 saturated carbocycles. The first-order valence-corrected chi connectivity index (χ1v) is 11.1. The maximum absolute atomic E-state index is 4.87. The van der Waals surface area contributed by atoms with E-state index in [1.54, 1.807) is 0 Å². The first-order chi connectivity index (χ1) is 14.5. The van der Waals surface area contributed by atoms with Crippen LogP contribution in [-0.2, 0) is 13.1 Å². The van der Waals surface area contributed by atoms with Crippen molar-refractivity contribution in [2.75, 3.05) is 38.6 Å². The molecule has 2 aromatic rings. The molecule has 162 valence electrons. The van der Waals surface area contributed by atoms with Gasteiger partial charge in [0.25, 0.3) is 0 Å². The molecule has 1 aliphatic rings. The van der Waals surface area contributed by atoms with Gasteiger partial charge in [0.1, 0.15) is 0 Å². The summed E-state index contributed by atoms with van der Waals surface area (Å²) < 4.78 is 0. The molecular formula is C25H37N5. The molecule has 2 N–H and O–H groups in total. The number of hydrogen-bond acceptors (Lipinski definition) is 3. The Kier molecular flexibility index (Phi) is 8.14. The fourth-order valence-corrected chi connectivity index (χ4v) is 3.89. The number of anilines is 1. The summed E-state index contributed by atoms with van der Waals surface area (Å²) in [6.45, 7) is 9.15. The second kappa shape index (κ2) is 11.0. The second-order valence-electron chi connectivity index (χ2n) is 8.38. The summed E-state index contributed by atoms with van der Waals surface area (Å²) in [5.41, 5.74) is 5.19. The first kappa shape index (κ1) is 22.2. The quantitative estimate of drug-likeness (QED) is 0.541. The van der Waals surface area contributed by atoms with Crippen molar-refractivity contribution in [1.29, 1.82) is 0 Å². The number of piperidine rings is 1. The van der Waals surface area contributed by atoms with Gasteiger partial charge >= 0.3 is 0 Å². The summed E-state index contributed by atoms with van der Waals surface area (Å²) >= 11 is 0. The van der Waals surface area contributed by atoms with Crippen molar-refractivity contribution >= 4 is 11.6 Å². The normalized spacial score (nSPS) is 15.8. The Morgan fingerprint density at radius 2 is 1.83 bits per heavy atom. The monoisotopic (exact) mass is 407 g/mol. The molecule has 0 aliphatic carbocycles. The van der Waals surface area contributed by atoms with Gasteiger partial charge in [-0.3, -0.25) is 4.90 Å². The molecule has 0 atom stereocenters. The van der Waals surface area contributed by atoms with E-state index in [-0.39, 0.29) is 0 Å². The van der Waals surface area contributed by atoms with E-state index in [9.17, 15) is 0 Å². The van der Waals surface area contributed by atoms with E-state index in [1.807, 2.05) is 0 Å². The lowest BCUT2D eigenvalue weighted by atomic mass is 10.0. The topological polar surface area (TPSA) is 42.9 Å².